The number of aliphatic hydroxyl groups is 1. The number of aryl methyl sites for hydroxylation is 1. The molecule has 92 valence electrons. The van der Waals surface area contributed by atoms with E-state index >= 15 is 0 Å². The van der Waals surface area contributed by atoms with Crippen LogP contribution >= 0.6 is 0 Å². The van der Waals surface area contributed by atoms with Gasteiger partial charge in [-0.25, -0.2) is 0 Å². The lowest BCUT2D eigenvalue weighted by Gasteiger charge is -2.35. The van der Waals surface area contributed by atoms with E-state index in [0.29, 0.717) is 19.5 Å². The van der Waals surface area contributed by atoms with E-state index in [1.54, 1.807) is 12.0 Å². The summed E-state index contributed by atoms with van der Waals surface area (Å²) in [4.78, 5) is 13.3. The zero-order valence-corrected chi connectivity index (χ0v) is 9.93. The van der Waals surface area contributed by atoms with Gasteiger partial charge in [0, 0.05) is 19.5 Å². The number of carbonyl (C=O) groups excluding carboxylic acids is 1. The van der Waals surface area contributed by atoms with Crippen LogP contribution < -0.4 is 4.74 Å². The van der Waals surface area contributed by atoms with Crippen molar-refractivity contribution < 1.29 is 14.6 Å². The zero-order chi connectivity index (χ0) is 12.3. The molecule has 1 N–H and O–H groups in total. The number of hydrogen-bond acceptors (Lipinski definition) is 3. The summed E-state index contributed by atoms with van der Waals surface area (Å²) in [6.07, 6.45) is 0.911. The molecule has 1 aromatic rings. The molecule has 17 heavy (non-hydrogen) atoms. The Morgan fingerprint density at radius 3 is 2.59 bits per heavy atom. The van der Waals surface area contributed by atoms with Crippen LogP contribution in [0.3, 0.4) is 0 Å². The summed E-state index contributed by atoms with van der Waals surface area (Å²) in [7, 11) is 1.63. The fraction of sp³-hybridized carbons (Fsp3) is 0.462. The molecule has 0 bridgehead atoms. The Hall–Kier alpha value is -1.55. The number of aliphatic hydroxyl groups excluding tert-OH is 1. The van der Waals surface area contributed by atoms with Crippen molar-refractivity contribution in [3.05, 3.63) is 29.8 Å². The molecular weight excluding hydrogens is 218 g/mol. The maximum absolute atomic E-state index is 11.7. The zero-order valence-electron chi connectivity index (χ0n) is 9.93. The minimum Gasteiger partial charge on any atom is -0.497 e. The summed E-state index contributed by atoms with van der Waals surface area (Å²) in [5, 5.41) is 9.10. The van der Waals surface area contributed by atoms with Gasteiger partial charge < -0.3 is 14.7 Å². The van der Waals surface area contributed by atoms with E-state index < -0.39 is 0 Å². The Bertz CT molecular complexity index is 382. The first-order chi connectivity index (χ1) is 8.19. The predicted octanol–water partition coefficient (Wildman–Crippen LogP) is 0.831. The van der Waals surface area contributed by atoms with Gasteiger partial charge in [0.05, 0.1) is 13.2 Å². The number of benzene rings is 1. The number of hydrogen-bond donors (Lipinski definition) is 1. The third-order valence-corrected chi connectivity index (χ3v) is 3.00. The summed E-state index contributed by atoms with van der Waals surface area (Å²) in [6, 6.07) is 7.73. The molecule has 0 spiro atoms. The predicted molar refractivity (Wildman–Crippen MR) is 63.9 cm³/mol. The molecule has 2 rings (SSSR count). The largest absolute Gasteiger partial charge is 0.497 e. The van der Waals surface area contributed by atoms with Gasteiger partial charge in [-0.3, -0.25) is 4.79 Å². The molecule has 4 heteroatoms. The molecule has 0 aromatic heterocycles. The maximum atomic E-state index is 11.7. The number of β-amino-alcohol motifs (C(OH)–C–C–N with tert-alkyl or cyclic N) is 1. The van der Waals surface area contributed by atoms with Crippen molar-refractivity contribution in [2.24, 2.45) is 0 Å². The summed E-state index contributed by atoms with van der Waals surface area (Å²) in [5.74, 6) is 0.942. The van der Waals surface area contributed by atoms with E-state index in [-0.39, 0.29) is 12.0 Å². The number of rotatable bonds is 4. The van der Waals surface area contributed by atoms with E-state index in [9.17, 15) is 4.79 Å². The summed E-state index contributed by atoms with van der Waals surface area (Å²) in [5.41, 5.74) is 1.13. The number of amides is 1. The van der Waals surface area contributed by atoms with E-state index in [2.05, 4.69) is 0 Å². The van der Waals surface area contributed by atoms with Crippen LogP contribution in [0.1, 0.15) is 12.0 Å². The second-order valence-electron chi connectivity index (χ2n) is 4.30. The number of nitrogens with zero attached hydrogens (tertiary/aromatic N) is 1. The lowest BCUT2D eigenvalue weighted by molar-refractivity contribution is -0.141. The second kappa shape index (κ2) is 5.19. The molecule has 1 heterocycles. The van der Waals surface area contributed by atoms with Gasteiger partial charge in [-0.2, -0.15) is 0 Å². The number of methoxy groups -OCH3 is 1. The van der Waals surface area contributed by atoms with E-state index in [4.69, 9.17) is 9.84 Å². The molecular formula is C13H17NO3. The Labute approximate surface area is 101 Å². The van der Waals surface area contributed by atoms with Crippen LogP contribution in [0.5, 0.6) is 5.75 Å². The molecule has 1 aliphatic rings. The molecule has 1 aromatic carbocycles. The van der Waals surface area contributed by atoms with Gasteiger partial charge in [0.1, 0.15) is 5.75 Å². The van der Waals surface area contributed by atoms with Gasteiger partial charge in [-0.05, 0) is 24.1 Å². The van der Waals surface area contributed by atoms with Gasteiger partial charge in [0.25, 0.3) is 0 Å². The van der Waals surface area contributed by atoms with Crippen LogP contribution in [0.4, 0.5) is 0 Å². The SMILES string of the molecule is COc1ccc(CCC(=O)N2CC(O)C2)cc1. The van der Waals surface area contributed by atoms with Crippen molar-refractivity contribution in [1.29, 1.82) is 0 Å². The first-order valence-electron chi connectivity index (χ1n) is 5.78. The molecule has 0 unspecified atom stereocenters. The fourth-order valence-corrected chi connectivity index (χ4v) is 1.86. The van der Waals surface area contributed by atoms with Gasteiger partial charge >= 0.3 is 0 Å². The molecule has 1 amide bonds. The Morgan fingerprint density at radius 2 is 2.06 bits per heavy atom. The highest BCUT2D eigenvalue weighted by atomic mass is 16.5. The van der Waals surface area contributed by atoms with Crippen molar-refractivity contribution in [1.82, 2.24) is 4.90 Å². The molecule has 0 aliphatic carbocycles. The summed E-state index contributed by atoms with van der Waals surface area (Å²) < 4.78 is 5.07. The van der Waals surface area contributed by atoms with E-state index in [1.807, 2.05) is 24.3 Å². The molecule has 0 atom stereocenters. The molecule has 1 fully saturated rings. The van der Waals surface area contributed by atoms with Crippen LogP contribution in [0, 0.1) is 0 Å². The van der Waals surface area contributed by atoms with Crippen molar-refractivity contribution in [2.75, 3.05) is 20.2 Å². The quantitative estimate of drug-likeness (QED) is 0.841. The standard InChI is InChI=1S/C13H17NO3/c1-17-12-5-2-10(3-6-12)4-7-13(16)14-8-11(15)9-14/h2-3,5-6,11,15H,4,7-9H2,1H3. The number of carbonyl (C=O) groups is 1. The first kappa shape index (κ1) is 11.9. The minimum absolute atomic E-state index is 0.117. The average molecular weight is 235 g/mol. The van der Waals surface area contributed by atoms with Crippen molar-refractivity contribution in [2.45, 2.75) is 18.9 Å². The third-order valence-electron chi connectivity index (χ3n) is 3.00. The van der Waals surface area contributed by atoms with Crippen LogP contribution in [0.25, 0.3) is 0 Å². The lowest BCUT2D eigenvalue weighted by atomic mass is 10.1. The Balaban J connectivity index is 1.79. The first-order valence-corrected chi connectivity index (χ1v) is 5.78. The van der Waals surface area contributed by atoms with Gasteiger partial charge in [0.15, 0.2) is 0 Å². The van der Waals surface area contributed by atoms with Gasteiger partial charge in [-0.15, -0.1) is 0 Å². The monoisotopic (exact) mass is 235 g/mol. The molecule has 1 saturated heterocycles. The van der Waals surface area contributed by atoms with E-state index in [0.717, 1.165) is 17.7 Å². The molecule has 0 radical (unpaired) electrons. The third kappa shape index (κ3) is 2.97. The lowest BCUT2D eigenvalue weighted by Crippen LogP contribution is -2.53. The van der Waals surface area contributed by atoms with Crippen molar-refractivity contribution >= 4 is 5.91 Å². The van der Waals surface area contributed by atoms with Crippen LogP contribution in [-0.2, 0) is 11.2 Å². The van der Waals surface area contributed by atoms with Gasteiger partial charge in [-0.1, -0.05) is 12.1 Å². The Kier molecular flexibility index (Phi) is 3.64. The second-order valence-corrected chi connectivity index (χ2v) is 4.30. The highest BCUT2D eigenvalue weighted by Crippen LogP contribution is 2.14. The van der Waals surface area contributed by atoms with Crippen molar-refractivity contribution in [3.63, 3.8) is 0 Å². The van der Waals surface area contributed by atoms with Crippen molar-refractivity contribution in [3.8, 4) is 5.75 Å². The molecule has 0 saturated carbocycles. The molecule has 1 aliphatic heterocycles. The molecule has 4 nitrogen and oxygen atoms in total. The topological polar surface area (TPSA) is 49.8 Å². The number of ether oxygens (including phenoxy) is 1. The van der Waals surface area contributed by atoms with Crippen LogP contribution in [0.2, 0.25) is 0 Å². The Morgan fingerprint density at radius 1 is 1.41 bits per heavy atom. The highest BCUT2D eigenvalue weighted by molar-refractivity contribution is 5.77. The highest BCUT2D eigenvalue weighted by Gasteiger charge is 2.27. The van der Waals surface area contributed by atoms with E-state index in [1.165, 1.54) is 0 Å². The fourth-order valence-electron chi connectivity index (χ4n) is 1.86. The normalized spacial score (nSPS) is 15.5. The van der Waals surface area contributed by atoms with Crippen LogP contribution in [-0.4, -0.2) is 42.2 Å². The van der Waals surface area contributed by atoms with Crippen LogP contribution in [0.15, 0.2) is 24.3 Å². The maximum Gasteiger partial charge on any atom is 0.223 e. The smallest absolute Gasteiger partial charge is 0.223 e. The minimum atomic E-state index is -0.320. The summed E-state index contributed by atoms with van der Waals surface area (Å²) >= 11 is 0. The van der Waals surface area contributed by atoms with Gasteiger partial charge in [0.2, 0.25) is 5.91 Å². The summed E-state index contributed by atoms with van der Waals surface area (Å²) in [6.45, 7) is 0.975. The number of likely N-dealkylation sites (tertiary alicyclic amines) is 1. The average Bonchev–Trinajstić information content (AvgIpc) is 2.32.